The maximum atomic E-state index is 12.9. The Kier molecular flexibility index (Phi) is 5.75. The topological polar surface area (TPSA) is 145 Å². The maximum Gasteiger partial charge on any atom is 0.270 e. The SMILES string of the molecule is NC(=O)c1nsc(C(=O)N(CC(=O)NC2CCCC2)Cc2ccco2)c1N. The third-order valence-corrected chi connectivity index (χ3v) is 5.28. The summed E-state index contributed by atoms with van der Waals surface area (Å²) >= 11 is 0.784. The molecule has 0 unspecified atom stereocenters. The van der Waals surface area contributed by atoms with Gasteiger partial charge in [-0.2, -0.15) is 4.37 Å². The highest BCUT2D eigenvalue weighted by Gasteiger charge is 2.27. The lowest BCUT2D eigenvalue weighted by Gasteiger charge is -2.22. The van der Waals surface area contributed by atoms with Crippen LogP contribution >= 0.6 is 11.5 Å². The number of nitrogens with one attached hydrogen (secondary N) is 1. The second kappa shape index (κ2) is 8.21. The highest BCUT2D eigenvalue weighted by Crippen LogP contribution is 2.24. The monoisotopic (exact) mass is 391 g/mol. The Balaban J connectivity index is 1.77. The molecule has 9 nitrogen and oxygen atoms in total. The fourth-order valence-corrected chi connectivity index (χ4v) is 3.85. The molecule has 5 N–H and O–H groups in total. The van der Waals surface area contributed by atoms with E-state index in [1.54, 1.807) is 12.1 Å². The molecular formula is C17H21N5O4S. The van der Waals surface area contributed by atoms with Gasteiger partial charge in [-0.3, -0.25) is 14.4 Å². The maximum absolute atomic E-state index is 12.9. The van der Waals surface area contributed by atoms with Crippen molar-refractivity contribution < 1.29 is 18.8 Å². The zero-order chi connectivity index (χ0) is 19.4. The van der Waals surface area contributed by atoms with Crippen LogP contribution in [0.5, 0.6) is 0 Å². The van der Waals surface area contributed by atoms with E-state index in [0.717, 1.165) is 37.2 Å². The minimum Gasteiger partial charge on any atom is -0.467 e. The first-order chi connectivity index (χ1) is 13.0. The molecule has 27 heavy (non-hydrogen) atoms. The normalized spacial score (nSPS) is 14.2. The standard InChI is InChI=1S/C17H21N5O4S/c18-13-14(16(19)24)21-27-15(13)17(25)22(8-11-6-3-7-26-11)9-12(23)20-10-4-1-2-5-10/h3,6-7,10H,1-2,4-5,8-9,18H2,(H2,19,24)(H,20,23). The summed E-state index contributed by atoms with van der Waals surface area (Å²) in [4.78, 5) is 38.1. The molecule has 0 aromatic carbocycles. The zero-order valence-electron chi connectivity index (χ0n) is 14.6. The molecule has 3 rings (SSSR count). The average Bonchev–Trinajstić information content (AvgIpc) is 3.35. The lowest BCUT2D eigenvalue weighted by atomic mass is 10.2. The van der Waals surface area contributed by atoms with Crippen LogP contribution in [0.2, 0.25) is 0 Å². The van der Waals surface area contributed by atoms with Crippen molar-refractivity contribution in [3.8, 4) is 0 Å². The van der Waals surface area contributed by atoms with E-state index in [0.29, 0.717) is 5.76 Å². The summed E-state index contributed by atoms with van der Waals surface area (Å²) < 4.78 is 9.14. The quantitative estimate of drug-likeness (QED) is 0.645. The van der Waals surface area contributed by atoms with Gasteiger partial charge < -0.3 is 26.1 Å². The second-order valence-corrected chi connectivity index (χ2v) is 7.20. The first-order valence-corrected chi connectivity index (χ1v) is 9.39. The van der Waals surface area contributed by atoms with Gasteiger partial charge in [0.25, 0.3) is 11.8 Å². The second-order valence-electron chi connectivity index (χ2n) is 6.43. The Morgan fingerprint density at radius 2 is 2.07 bits per heavy atom. The van der Waals surface area contributed by atoms with Crippen molar-refractivity contribution in [1.29, 1.82) is 0 Å². The molecule has 0 aliphatic heterocycles. The van der Waals surface area contributed by atoms with E-state index >= 15 is 0 Å². The predicted octanol–water partition coefficient (Wildman–Crippen LogP) is 1.12. The van der Waals surface area contributed by atoms with Gasteiger partial charge in [0.05, 0.1) is 18.5 Å². The number of rotatable bonds is 7. The molecule has 1 aliphatic rings. The van der Waals surface area contributed by atoms with Crippen molar-refractivity contribution in [2.24, 2.45) is 5.73 Å². The Labute approximate surface area is 159 Å². The van der Waals surface area contributed by atoms with Crippen molar-refractivity contribution in [2.75, 3.05) is 12.3 Å². The van der Waals surface area contributed by atoms with Crippen molar-refractivity contribution in [1.82, 2.24) is 14.6 Å². The average molecular weight is 391 g/mol. The summed E-state index contributed by atoms with van der Waals surface area (Å²) in [5.74, 6) is -1.04. The number of furan rings is 1. The number of amides is 3. The summed E-state index contributed by atoms with van der Waals surface area (Å²) in [6.45, 7) is -0.0631. The van der Waals surface area contributed by atoms with Gasteiger partial charge in [-0.25, -0.2) is 0 Å². The van der Waals surface area contributed by atoms with Gasteiger partial charge in [-0.15, -0.1) is 0 Å². The summed E-state index contributed by atoms with van der Waals surface area (Å²) in [6, 6.07) is 3.55. The number of hydrogen-bond donors (Lipinski definition) is 3. The molecule has 0 spiro atoms. The Hall–Kier alpha value is -2.88. The van der Waals surface area contributed by atoms with Crippen molar-refractivity contribution in [3.63, 3.8) is 0 Å². The Bertz CT molecular complexity index is 827. The van der Waals surface area contributed by atoms with Gasteiger partial charge in [0.1, 0.15) is 17.2 Å². The number of aromatic nitrogens is 1. The van der Waals surface area contributed by atoms with Crippen molar-refractivity contribution >= 4 is 34.9 Å². The van der Waals surface area contributed by atoms with Gasteiger partial charge >= 0.3 is 0 Å². The summed E-state index contributed by atoms with van der Waals surface area (Å²) in [7, 11) is 0. The van der Waals surface area contributed by atoms with Gasteiger partial charge in [0.15, 0.2) is 5.69 Å². The number of primary amides is 1. The number of nitrogens with zero attached hydrogens (tertiary/aromatic N) is 2. The third-order valence-electron chi connectivity index (χ3n) is 4.42. The van der Waals surface area contributed by atoms with E-state index in [9.17, 15) is 14.4 Å². The van der Waals surface area contributed by atoms with E-state index in [-0.39, 0.29) is 41.3 Å². The molecule has 0 atom stereocenters. The van der Waals surface area contributed by atoms with E-state index in [4.69, 9.17) is 15.9 Å². The number of anilines is 1. The molecule has 2 heterocycles. The number of carbonyl (C=O) groups excluding carboxylic acids is 3. The number of nitrogens with two attached hydrogens (primary N) is 2. The summed E-state index contributed by atoms with van der Waals surface area (Å²) in [5.41, 5.74) is 10.8. The fraction of sp³-hybridized carbons (Fsp3) is 0.412. The molecule has 2 aromatic rings. The molecule has 0 bridgehead atoms. The highest BCUT2D eigenvalue weighted by atomic mass is 32.1. The summed E-state index contributed by atoms with van der Waals surface area (Å²) in [5, 5.41) is 2.95. The number of nitrogen functional groups attached to an aromatic ring is 1. The van der Waals surface area contributed by atoms with Crippen LogP contribution in [0.15, 0.2) is 22.8 Å². The Morgan fingerprint density at radius 1 is 1.33 bits per heavy atom. The van der Waals surface area contributed by atoms with Crippen LogP contribution in [0.25, 0.3) is 0 Å². The molecule has 3 amide bonds. The van der Waals surface area contributed by atoms with E-state index < -0.39 is 11.8 Å². The van der Waals surface area contributed by atoms with Crippen molar-refractivity contribution in [3.05, 3.63) is 34.7 Å². The molecule has 1 fully saturated rings. The number of hydrogen-bond acceptors (Lipinski definition) is 7. The largest absolute Gasteiger partial charge is 0.467 e. The molecule has 10 heteroatoms. The highest BCUT2D eigenvalue weighted by molar-refractivity contribution is 7.09. The predicted molar refractivity (Wildman–Crippen MR) is 98.9 cm³/mol. The van der Waals surface area contributed by atoms with E-state index in [1.807, 2.05) is 0 Å². The Morgan fingerprint density at radius 3 is 2.67 bits per heavy atom. The van der Waals surface area contributed by atoms with Gasteiger partial charge in [0, 0.05) is 6.04 Å². The van der Waals surface area contributed by atoms with Crippen LogP contribution < -0.4 is 16.8 Å². The van der Waals surface area contributed by atoms with Crippen LogP contribution in [0.4, 0.5) is 5.69 Å². The lowest BCUT2D eigenvalue weighted by molar-refractivity contribution is -0.122. The minimum absolute atomic E-state index is 0.0712. The zero-order valence-corrected chi connectivity index (χ0v) is 15.5. The number of carbonyl (C=O) groups is 3. The van der Waals surface area contributed by atoms with Crippen molar-refractivity contribution in [2.45, 2.75) is 38.3 Å². The fourth-order valence-electron chi connectivity index (χ4n) is 3.08. The smallest absolute Gasteiger partial charge is 0.270 e. The van der Waals surface area contributed by atoms with Crippen LogP contribution in [0, 0.1) is 0 Å². The van der Waals surface area contributed by atoms with Gasteiger partial charge in [-0.1, -0.05) is 12.8 Å². The van der Waals surface area contributed by atoms with Crippen LogP contribution in [-0.2, 0) is 11.3 Å². The lowest BCUT2D eigenvalue weighted by Crippen LogP contribution is -2.43. The molecule has 0 radical (unpaired) electrons. The first kappa shape index (κ1) is 18.9. The van der Waals surface area contributed by atoms with E-state index in [2.05, 4.69) is 9.69 Å². The molecular weight excluding hydrogens is 370 g/mol. The first-order valence-electron chi connectivity index (χ1n) is 8.61. The third kappa shape index (κ3) is 4.45. The minimum atomic E-state index is -0.806. The molecule has 1 aliphatic carbocycles. The molecule has 0 saturated heterocycles. The molecule has 1 saturated carbocycles. The van der Waals surface area contributed by atoms with Crippen LogP contribution in [0.3, 0.4) is 0 Å². The van der Waals surface area contributed by atoms with Crippen LogP contribution in [0.1, 0.15) is 51.6 Å². The molecule has 2 aromatic heterocycles. The summed E-state index contributed by atoms with van der Waals surface area (Å²) in [6.07, 6.45) is 5.56. The van der Waals surface area contributed by atoms with Gasteiger partial charge in [-0.05, 0) is 36.5 Å². The van der Waals surface area contributed by atoms with Gasteiger partial charge in [0.2, 0.25) is 5.91 Å². The van der Waals surface area contributed by atoms with Crippen LogP contribution in [-0.4, -0.2) is 39.6 Å². The van der Waals surface area contributed by atoms with E-state index in [1.165, 1.54) is 11.2 Å². The molecule has 144 valence electrons.